The first-order valence-electron chi connectivity index (χ1n) is 7.49. The summed E-state index contributed by atoms with van der Waals surface area (Å²) in [5, 5.41) is 10.4. The van der Waals surface area contributed by atoms with E-state index < -0.39 is 0 Å². The smallest absolute Gasteiger partial charge is 0.322 e. The zero-order chi connectivity index (χ0) is 17.1. The molecule has 0 aliphatic heterocycles. The maximum atomic E-state index is 12.1. The monoisotopic (exact) mass is 332 g/mol. The molecule has 7 nitrogen and oxygen atoms in total. The lowest BCUT2D eigenvalue weighted by molar-refractivity contribution is 0.102. The molecule has 25 heavy (non-hydrogen) atoms. The lowest BCUT2D eigenvalue weighted by Gasteiger charge is -2.00. The van der Waals surface area contributed by atoms with Crippen molar-refractivity contribution in [3.05, 3.63) is 72.8 Å². The SMILES string of the molecule is O=C(Nc1nnc(-c2cccc(-c3ccco3)c2)o1)c1cccnc1. The van der Waals surface area contributed by atoms with Crippen molar-refractivity contribution in [3.63, 3.8) is 0 Å². The minimum Gasteiger partial charge on any atom is -0.464 e. The van der Waals surface area contributed by atoms with E-state index in [1.807, 2.05) is 36.4 Å². The predicted octanol–water partition coefficient (Wildman–Crippen LogP) is 3.64. The van der Waals surface area contributed by atoms with E-state index in [-0.39, 0.29) is 11.9 Å². The first kappa shape index (κ1) is 14.8. The van der Waals surface area contributed by atoms with E-state index in [0.717, 1.165) is 16.9 Å². The number of aromatic nitrogens is 3. The van der Waals surface area contributed by atoms with E-state index in [2.05, 4.69) is 20.5 Å². The zero-order valence-corrected chi connectivity index (χ0v) is 12.9. The summed E-state index contributed by atoms with van der Waals surface area (Å²) in [4.78, 5) is 16.0. The van der Waals surface area contributed by atoms with Gasteiger partial charge in [-0.3, -0.25) is 15.1 Å². The maximum Gasteiger partial charge on any atom is 0.322 e. The Kier molecular flexibility index (Phi) is 3.80. The van der Waals surface area contributed by atoms with Crippen LogP contribution < -0.4 is 5.32 Å². The third-order valence-corrected chi connectivity index (χ3v) is 3.48. The number of hydrogen-bond acceptors (Lipinski definition) is 6. The van der Waals surface area contributed by atoms with E-state index in [4.69, 9.17) is 8.83 Å². The second kappa shape index (κ2) is 6.40. The van der Waals surface area contributed by atoms with Gasteiger partial charge in [0.1, 0.15) is 5.76 Å². The minimum atomic E-state index is -0.368. The second-order valence-electron chi connectivity index (χ2n) is 5.17. The number of nitrogens with zero attached hydrogens (tertiary/aromatic N) is 3. The van der Waals surface area contributed by atoms with Crippen LogP contribution in [0.5, 0.6) is 0 Å². The Hall–Kier alpha value is -3.74. The molecule has 4 aromatic rings. The first-order chi connectivity index (χ1) is 12.3. The highest BCUT2D eigenvalue weighted by Crippen LogP contribution is 2.26. The van der Waals surface area contributed by atoms with Crippen LogP contribution in [0.15, 0.2) is 76.0 Å². The molecule has 0 bridgehead atoms. The molecule has 0 saturated carbocycles. The Bertz CT molecular complexity index is 994. The van der Waals surface area contributed by atoms with E-state index in [1.165, 1.54) is 6.20 Å². The van der Waals surface area contributed by atoms with Gasteiger partial charge in [-0.05, 0) is 36.4 Å². The Morgan fingerprint density at radius 2 is 1.92 bits per heavy atom. The van der Waals surface area contributed by atoms with Gasteiger partial charge in [-0.15, -0.1) is 5.10 Å². The fourth-order valence-corrected chi connectivity index (χ4v) is 2.31. The summed E-state index contributed by atoms with van der Waals surface area (Å²) in [5.41, 5.74) is 2.02. The number of carbonyl (C=O) groups excluding carboxylic acids is 1. The zero-order valence-electron chi connectivity index (χ0n) is 12.9. The average molecular weight is 332 g/mol. The third-order valence-electron chi connectivity index (χ3n) is 3.48. The number of rotatable bonds is 4. The van der Waals surface area contributed by atoms with Gasteiger partial charge in [0.2, 0.25) is 5.89 Å². The summed E-state index contributed by atoms with van der Waals surface area (Å²) < 4.78 is 10.9. The van der Waals surface area contributed by atoms with Crippen molar-refractivity contribution in [2.45, 2.75) is 0 Å². The van der Waals surface area contributed by atoms with E-state index in [1.54, 1.807) is 24.6 Å². The van der Waals surface area contributed by atoms with Crippen molar-refractivity contribution in [3.8, 4) is 22.8 Å². The van der Waals surface area contributed by atoms with Crippen molar-refractivity contribution in [2.75, 3.05) is 5.32 Å². The number of anilines is 1. The number of hydrogen-bond donors (Lipinski definition) is 1. The molecule has 4 rings (SSSR count). The summed E-state index contributed by atoms with van der Waals surface area (Å²) in [6, 6.07) is 14.5. The number of furan rings is 1. The lowest BCUT2D eigenvalue weighted by atomic mass is 10.1. The van der Waals surface area contributed by atoms with Crippen LogP contribution in [0.1, 0.15) is 10.4 Å². The average Bonchev–Trinajstić information content (AvgIpc) is 3.35. The summed E-state index contributed by atoms with van der Waals surface area (Å²) in [6.07, 6.45) is 4.66. The molecule has 7 heteroatoms. The van der Waals surface area contributed by atoms with Crippen LogP contribution in [-0.2, 0) is 0 Å². The lowest BCUT2D eigenvalue weighted by Crippen LogP contribution is -2.12. The summed E-state index contributed by atoms with van der Waals surface area (Å²) >= 11 is 0. The van der Waals surface area contributed by atoms with Gasteiger partial charge in [-0.25, -0.2) is 0 Å². The van der Waals surface area contributed by atoms with Gasteiger partial charge >= 0.3 is 6.01 Å². The highest BCUT2D eigenvalue weighted by Gasteiger charge is 2.13. The largest absolute Gasteiger partial charge is 0.464 e. The molecule has 1 amide bonds. The molecule has 3 heterocycles. The minimum absolute atomic E-state index is 0.0206. The molecule has 0 aliphatic rings. The molecule has 0 saturated heterocycles. The molecule has 0 atom stereocenters. The summed E-state index contributed by atoms with van der Waals surface area (Å²) in [7, 11) is 0. The van der Waals surface area contributed by atoms with E-state index in [0.29, 0.717) is 11.5 Å². The van der Waals surface area contributed by atoms with Crippen LogP contribution in [0.2, 0.25) is 0 Å². The van der Waals surface area contributed by atoms with Gasteiger partial charge in [0.05, 0.1) is 11.8 Å². The molecular weight excluding hydrogens is 320 g/mol. The number of benzene rings is 1. The van der Waals surface area contributed by atoms with Gasteiger partial charge in [-0.2, -0.15) is 0 Å². The number of pyridine rings is 1. The van der Waals surface area contributed by atoms with Crippen LogP contribution in [0.25, 0.3) is 22.8 Å². The van der Waals surface area contributed by atoms with Gasteiger partial charge in [0, 0.05) is 23.5 Å². The molecule has 1 N–H and O–H groups in total. The number of nitrogens with one attached hydrogen (secondary N) is 1. The maximum absolute atomic E-state index is 12.1. The molecule has 0 fully saturated rings. The Balaban J connectivity index is 1.55. The summed E-state index contributed by atoms with van der Waals surface area (Å²) in [5.74, 6) is 0.675. The van der Waals surface area contributed by atoms with Gasteiger partial charge < -0.3 is 8.83 Å². The second-order valence-corrected chi connectivity index (χ2v) is 5.17. The predicted molar refractivity (Wildman–Crippen MR) is 89.6 cm³/mol. The van der Waals surface area contributed by atoms with Crippen LogP contribution in [-0.4, -0.2) is 21.1 Å². The third kappa shape index (κ3) is 3.16. The fraction of sp³-hybridized carbons (Fsp3) is 0. The first-order valence-corrected chi connectivity index (χ1v) is 7.49. The van der Waals surface area contributed by atoms with Gasteiger partial charge in [0.15, 0.2) is 0 Å². The molecule has 3 aromatic heterocycles. The number of amides is 1. The Labute approximate surface area is 142 Å². The molecule has 0 radical (unpaired) electrons. The Morgan fingerprint density at radius 1 is 1.00 bits per heavy atom. The molecule has 1 aromatic carbocycles. The van der Waals surface area contributed by atoms with E-state index in [9.17, 15) is 4.79 Å². The molecular formula is C18H12N4O3. The molecule has 0 aliphatic carbocycles. The number of carbonyl (C=O) groups is 1. The van der Waals surface area contributed by atoms with Crippen molar-refractivity contribution in [2.24, 2.45) is 0 Å². The Morgan fingerprint density at radius 3 is 2.72 bits per heavy atom. The van der Waals surface area contributed by atoms with Crippen LogP contribution in [0.4, 0.5) is 6.01 Å². The van der Waals surface area contributed by atoms with Crippen LogP contribution >= 0.6 is 0 Å². The molecule has 0 unspecified atom stereocenters. The van der Waals surface area contributed by atoms with Crippen LogP contribution in [0, 0.1) is 0 Å². The van der Waals surface area contributed by atoms with E-state index >= 15 is 0 Å². The topological polar surface area (TPSA) is 94.1 Å². The summed E-state index contributed by atoms with van der Waals surface area (Å²) in [6.45, 7) is 0. The van der Waals surface area contributed by atoms with Gasteiger partial charge in [-0.1, -0.05) is 17.2 Å². The van der Waals surface area contributed by atoms with Gasteiger partial charge in [0.25, 0.3) is 5.91 Å². The van der Waals surface area contributed by atoms with Crippen molar-refractivity contribution < 1.29 is 13.6 Å². The normalized spacial score (nSPS) is 10.6. The standard InChI is InChI=1S/C18H12N4O3/c23-16(14-6-2-8-19-11-14)20-18-22-21-17(25-18)13-5-1-4-12(10-13)15-7-3-9-24-15/h1-11H,(H,20,22,23). The molecule has 122 valence electrons. The van der Waals surface area contributed by atoms with Crippen molar-refractivity contribution in [1.29, 1.82) is 0 Å². The molecule has 0 spiro atoms. The van der Waals surface area contributed by atoms with Crippen LogP contribution in [0.3, 0.4) is 0 Å². The highest BCUT2D eigenvalue weighted by atomic mass is 16.4. The quantitative estimate of drug-likeness (QED) is 0.613. The van der Waals surface area contributed by atoms with Crippen molar-refractivity contribution in [1.82, 2.24) is 15.2 Å². The van der Waals surface area contributed by atoms with Crippen molar-refractivity contribution >= 4 is 11.9 Å². The fourth-order valence-electron chi connectivity index (χ4n) is 2.31. The highest BCUT2D eigenvalue weighted by molar-refractivity contribution is 6.02.